The van der Waals surface area contributed by atoms with E-state index >= 15 is 0 Å². The molecule has 0 saturated heterocycles. The zero-order chi connectivity index (χ0) is 24.5. The molecule has 0 saturated carbocycles. The Bertz CT molecular complexity index is 1610. The van der Waals surface area contributed by atoms with Crippen LogP contribution < -0.4 is 0 Å². The summed E-state index contributed by atoms with van der Waals surface area (Å²) in [6.45, 7) is 4.24. The van der Waals surface area contributed by atoms with Gasteiger partial charge >= 0.3 is 0 Å². The first-order chi connectivity index (χ1) is 17.6. The highest BCUT2D eigenvalue weighted by molar-refractivity contribution is 6.25. The zero-order valence-electron chi connectivity index (χ0n) is 20.7. The van der Waals surface area contributed by atoms with Crippen molar-refractivity contribution in [1.82, 2.24) is 0 Å². The van der Waals surface area contributed by atoms with E-state index in [2.05, 4.69) is 147 Å². The molecule has 36 heavy (non-hydrogen) atoms. The van der Waals surface area contributed by atoms with Crippen molar-refractivity contribution in [3.8, 4) is 0 Å². The molecule has 6 aromatic rings. The lowest BCUT2D eigenvalue weighted by atomic mass is 9.92. The molecule has 0 aliphatic carbocycles. The zero-order valence-corrected chi connectivity index (χ0v) is 20.7. The van der Waals surface area contributed by atoms with Crippen LogP contribution in [0.3, 0.4) is 0 Å². The fourth-order valence-corrected chi connectivity index (χ4v) is 4.94. The third-order valence-corrected chi connectivity index (χ3v) is 6.98. The van der Waals surface area contributed by atoms with Crippen LogP contribution in [0.2, 0.25) is 0 Å². The van der Waals surface area contributed by atoms with Crippen LogP contribution in [-0.4, -0.2) is 0 Å². The van der Waals surface area contributed by atoms with Gasteiger partial charge in [-0.1, -0.05) is 132 Å². The Labute approximate surface area is 212 Å². The highest BCUT2D eigenvalue weighted by atomic mass is 14.1. The maximum Gasteiger partial charge on any atom is -0.00930 e. The molecule has 0 N–H and O–H groups in total. The second-order valence-corrected chi connectivity index (χ2v) is 9.64. The number of rotatable bonds is 4. The van der Waals surface area contributed by atoms with Crippen molar-refractivity contribution < 1.29 is 0 Å². The van der Waals surface area contributed by atoms with E-state index in [1.165, 1.54) is 65.7 Å². The lowest BCUT2D eigenvalue weighted by Gasteiger charge is -2.12. The van der Waals surface area contributed by atoms with Crippen LogP contribution in [0, 0.1) is 13.8 Å². The predicted octanol–water partition coefficient (Wildman–Crippen LogP) is 10.1. The van der Waals surface area contributed by atoms with Gasteiger partial charge in [0.25, 0.3) is 0 Å². The second kappa shape index (κ2) is 9.32. The molecule has 0 fully saturated rings. The standard InChI is InChI=1S/C36H28/c1-25-7-11-27(12-8-25)15-17-29-19-21-33-34-22-20-30(18-16-28-13-9-26(2)10-14-28)24-36(34)32-6-4-3-5-31(32)35(33)23-29/h3-24H,1-2H3. The summed E-state index contributed by atoms with van der Waals surface area (Å²) in [5.41, 5.74) is 7.43. The number of hydrogen-bond donors (Lipinski definition) is 0. The molecular formula is C36H28. The van der Waals surface area contributed by atoms with Gasteiger partial charge in [-0.15, -0.1) is 0 Å². The quantitative estimate of drug-likeness (QED) is 0.181. The van der Waals surface area contributed by atoms with E-state index in [4.69, 9.17) is 0 Å². The molecular weight excluding hydrogens is 432 g/mol. The van der Waals surface area contributed by atoms with Crippen LogP contribution >= 0.6 is 0 Å². The lowest BCUT2D eigenvalue weighted by Crippen LogP contribution is -1.85. The third-order valence-electron chi connectivity index (χ3n) is 6.98. The average Bonchev–Trinajstić information content (AvgIpc) is 2.92. The van der Waals surface area contributed by atoms with Crippen LogP contribution in [0.1, 0.15) is 33.4 Å². The number of benzene rings is 6. The summed E-state index contributed by atoms with van der Waals surface area (Å²) < 4.78 is 0. The van der Waals surface area contributed by atoms with Crippen molar-refractivity contribution in [2.45, 2.75) is 13.8 Å². The van der Waals surface area contributed by atoms with E-state index in [9.17, 15) is 0 Å². The minimum Gasteiger partial charge on any atom is -0.0616 e. The highest BCUT2D eigenvalue weighted by Gasteiger charge is 2.09. The van der Waals surface area contributed by atoms with Gasteiger partial charge in [-0.2, -0.15) is 0 Å². The molecule has 0 aliphatic rings. The Morgan fingerprint density at radius 1 is 0.333 bits per heavy atom. The Balaban J connectivity index is 1.45. The molecule has 0 spiro atoms. The Morgan fingerprint density at radius 2 is 0.667 bits per heavy atom. The SMILES string of the molecule is Cc1ccc(C=Cc2ccc3c4ccc(C=Cc5ccc(C)cc5)cc4c4ccccc4c3c2)cc1. The summed E-state index contributed by atoms with van der Waals surface area (Å²) >= 11 is 0. The Morgan fingerprint density at radius 3 is 1.08 bits per heavy atom. The Hall–Kier alpha value is -4.42. The predicted molar refractivity (Wildman–Crippen MR) is 159 cm³/mol. The fraction of sp³-hybridized carbons (Fsp3) is 0.0556. The van der Waals surface area contributed by atoms with Gasteiger partial charge in [0, 0.05) is 0 Å². The molecule has 172 valence electrons. The van der Waals surface area contributed by atoms with E-state index in [1.807, 2.05) is 0 Å². The number of hydrogen-bond acceptors (Lipinski definition) is 0. The van der Waals surface area contributed by atoms with Crippen molar-refractivity contribution in [1.29, 1.82) is 0 Å². The number of fused-ring (bicyclic) bond motifs is 6. The van der Waals surface area contributed by atoms with Crippen molar-refractivity contribution in [3.05, 3.63) is 143 Å². The molecule has 0 heterocycles. The lowest BCUT2D eigenvalue weighted by molar-refractivity contribution is 1.46. The first-order valence-corrected chi connectivity index (χ1v) is 12.5. The van der Waals surface area contributed by atoms with Gasteiger partial charge in [0.05, 0.1) is 0 Å². The molecule has 0 atom stereocenters. The second-order valence-electron chi connectivity index (χ2n) is 9.64. The maximum atomic E-state index is 2.33. The molecule has 0 radical (unpaired) electrons. The van der Waals surface area contributed by atoms with Crippen LogP contribution in [0.25, 0.3) is 56.6 Å². The largest absolute Gasteiger partial charge is 0.0616 e. The molecule has 0 nitrogen and oxygen atoms in total. The van der Waals surface area contributed by atoms with Crippen molar-refractivity contribution in [2.24, 2.45) is 0 Å². The summed E-state index contributed by atoms with van der Waals surface area (Å²) in [5.74, 6) is 0. The average molecular weight is 461 g/mol. The van der Waals surface area contributed by atoms with Crippen LogP contribution in [-0.2, 0) is 0 Å². The molecule has 0 aromatic heterocycles. The van der Waals surface area contributed by atoms with Crippen LogP contribution in [0.15, 0.2) is 109 Å². The fourth-order valence-electron chi connectivity index (χ4n) is 4.94. The van der Waals surface area contributed by atoms with Crippen LogP contribution in [0.5, 0.6) is 0 Å². The van der Waals surface area contributed by atoms with E-state index in [1.54, 1.807) is 0 Å². The van der Waals surface area contributed by atoms with Gasteiger partial charge in [-0.25, -0.2) is 0 Å². The summed E-state index contributed by atoms with van der Waals surface area (Å²) in [4.78, 5) is 0. The Kier molecular flexibility index (Phi) is 5.71. The first-order valence-electron chi connectivity index (χ1n) is 12.5. The molecule has 0 heteroatoms. The van der Waals surface area contributed by atoms with Gasteiger partial charge in [0.1, 0.15) is 0 Å². The molecule has 0 amide bonds. The summed E-state index contributed by atoms with van der Waals surface area (Å²) in [6, 6.07) is 39.7. The van der Waals surface area contributed by atoms with Gasteiger partial charge in [0.15, 0.2) is 0 Å². The first kappa shape index (κ1) is 22.1. The van der Waals surface area contributed by atoms with Gasteiger partial charge in [-0.05, 0) is 80.6 Å². The van der Waals surface area contributed by atoms with E-state index in [0.29, 0.717) is 0 Å². The molecule has 0 bridgehead atoms. The number of aryl methyl sites for hydroxylation is 2. The van der Waals surface area contributed by atoms with Gasteiger partial charge in [0.2, 0.25) is 0 Å². The summed E-state index contributed by atoms with van der Waals surface area (Å²) in [7, 11) is 0. The van der Waals surface area contributed by atoms with Crippen molar-refractivity contribution in [2.75, 3.05) is 0 Å². The summed E-state index contributed by atoms with van der Waals surface area (Å²) in [5, 5.41) is 7.78. The van der Waals surface area contributed by atoms with E-state index in [0.717, 1.165) is 0 Å². The van der Waals surface area contributed by atoms with Gasteiger partial charge < -0.3 is 0 Å². The molecule has 6 rings (SSSR count). The molecule has 0 aliphatic heterocycles. The minimum atomic E-state index is 1.21. The smallest absolute Gasteiger partial charge is 0.00930 e. The van der Waals surface area contributed by atoms with E-state index in [-0.39, 0.29) is 0 Å². The monoisotopic (exact) mass is 460 g/mol. The van der Waals surface area contributed by atoms with Crippen molar-refractivity contribution >= 4 is 56.6 Å². The maximum absolute atomic E-state index is 2.33. The summed E-state index contributed by atoms with van der Waals surface area (Å²) in [6.07, 6.45) is 8.80. The van der Waals surface area contributed by atoms with Gasteiger partial charge in [-0.3, -0.25) is 0 Å². The topological polar surface area (TPSA) is 0 Å². The van der Waals surface area contributed by atoms with E-state index < -0.39 is 0 Å². The minimum absolute atomic E-state index is 1.21. The third kappa shape index (κ3) is 4.34. The van der Waals surface area contributed by atoms with Crippen LogP contribution in [0.4, 0.5) is 0 Å². The molecule has 6 aromatic carbocycles. The molecule has 0 unspecified atom stereocenters. The van der Waals surface area contributed by atoms with Crippen molar-refractivity contribution in [3.63, 3.8) is 0 Å². The highest BCUT2D eigenvalue weighted by Crippen LogP contribution is 2.36. The normalized spacial score (nSPS) is 11.9.